The molecule has 0 spiro atoms. The van der Waals surface area contributed by atoms with E-state index in [0.29, 0.717) is 40.5 Å². The van der Waals surface area contributed by atoms with Gasteiger partial charge in [-0.2, -0.15) is 0 Å². The number of carbonyl (C=O) groups is 3. The van der Waals surface area contributed by atoms with E-state index in [-0.39, 0.29) is 24.6 Å². The average Bonchev–Trinajstić information content (AvgIpc) is 3.52. The Morgan fingerprint density at radius 3 is 2.74 bits per heavy atom. The highest BCUT2D eigenvalue weighted by Gasteiger charge is 2.53. The van der Waals surface area contributed by atoms with Gasteiger partial charge in [0.25, 0.3) is 5.91 Å². The van der Waals surface area contributed by atoms with Crippen molar-refractivity contribution >= 4 is 34.7 Å². The minimum atomic E-state index is -1.39. The number of rotatable bonds is 5. The molecule has 0 radical (unpaired) electrons. The number of hydrogen-bond acceptors (Lipinski definition) is 8. The third kappa shape index (κ3) is 4.32. The molecule has 202 valence electrons. The Hall–Kier alpha value is -4.25. The highest BCUT2D eigenvalue weighted by atomic mass is 16.5. The Bertz CT molecular complexity index is 1520. The fourth-order valence-electron chi connectivity index (χ4n) is 5.69. The molecule has 1 atom stereocenters. The van der Waals surface area contributed by atoms with Gasteiger partial charge in [0.2, 0.25) is 11.8 Å². The van der Waals surface area contributed by atoms with Crippen LogP contribution in [0.25, 0.3) is 11.1 Å². The second-order valence-corrected chi connectivity index (χ2v) is 10.5. The van der Waals surface area contributed by atoms with Crippen LogP contribution in [0.3, 0.4) is 0 Å². The fraction of sp³-hybridized carbons (Fsp3) is 0.393. The van der Waals surface area contributed by atoms with Crippen LogP contribution in [0.1, 0.15) is 40.2 Å². The van der Waals surface area contributed by atoms with Crippen molar-refractivity contribution in [2.24, 2.45) is 0 Å². The molecule has 0 unspecified atom stereocenters. The maximum absolute atomic E-state index is 13.3. The number of methoxy groups -OCH3 is 1. The number of benzene rings is 1. The van der Waals surface area contributed by atoms with Crippen LogP contribution in [0.4, 0.5) is 0 Å². The van der Waals surface area contributed by atoms with E-state index in [1.807, 2.05) is 11.0 Å². The van der Waals surface area contributed by atoms with Crippen LogP contribution in [-0.2, 0) is 21.5 Å². The van der Waals surface area contributed by atoms with Crippen LogP contribution in [0.15, 0.2) is 40.8 Å². The lowest BCUT2D eigenvalue weighted by Gasteiger charge is -2.28. The van der Waals surface area contributed by atoms with E-state index in [4.69, 9.17) is 14.6 Å². The summed E-state index contributed by atoms with van der Waals surface area (Å²) in [5.41, 5.74) is 1.41. The van der Waals surface area contributed by atoms with E-state index in [2.05, 4.69) is 22.2 Å². The van der Waals surface area contributed by atoms with Gasteiger partial charge in [-0.25, -0.2) is 4.98 Å². The second kappa shape index (κ2) is 9.49. The van der Waals surface area contributed by atoms with E-state index in [1.54, 1.807) is 35.2 Å². The molecule has 0 bridgehead atoms. The molecule has 5 heterocycles. The number of hydrogen-bond donors (Lipinski definition) is 2. The molecule has 3 aromatic rings. The summed E-state index contributed by atoms with van der Waals surface area (Å²) in [6, 6.07) is 10.5. The molecule has 1 aromatic carbocycles. The number of fused-ring (bicyclic) bond motifs is 2. The van der Waals surface area contributed by atoms with Crippen molar-refractivity contribution in [1.29, 1.82) is 5.41 Å². The molecular weight excluding hydrogens is 500 g/mol. The monoisotopic (exact) mass is 530 g/mol. The Morgan fingerprint density at radius 1 is 1.13 bits per heavy atom. The van der Waals surface area contributed by atoms with Crippen molar-refractivity contribution in [1.82, 2.24) is 25.0 Å². The maximum atomic E-state index is 13.3. The van der Waals surface area contributed by atoms with Gasteiger partial charge in [-0.05, 0) is 49.8 Å². The lowest BCUT2D eigenvalue weighted by atomic mass is 9.82. The zero-order valence-electron chi connectivity index (χ0n) is 22.0. The van der Waals surface area contributed by atoms with Gasteiger partial charge < -0.3 is 23.9 Å². The minimum Gasteiger partial charge on any atom is -0.497 e. The first-order valence-electron chi connectivity index (χ1n) is 13.0. The Kier molecular flexibility index (Phi) is 6.10. The van der Waals surface area contributed by atoms with Crippen molar-refractivity contribution < 1.29 is 23.5 Å². The van der Waals surface area contributed by atoms with Gasteiger partial charge in [-0.15, -0.1) is 0 Å². The van der Waals surface area contributed by atoms with E-state index in [0.717, 1.165) is 38.2 Å². The molecule has 3 amide bonds. The topological polar surface area (TPSA) is 132 Å². The number of pyridine rings is 1. The molecule has 2 saturated heterocycles. The van der Waals surface area contributed by atoms with E-state index in [1.165, 1.54) is 7.11 Å². The molecular formula is C28H30N6O5. The first kappa shape index (κ1) is 25.1. The third-order valence-electron chi connectivity index (χ3n) is 7.93. The van der Waals surface area contributed by atoms with Gasteiger partial charge >= 0.3 is 0 Å². The largest absolute Gasteiger partial charge is 0.497 e. The van der Waals surface area contributed by atoms with Crippen molar-refractivity contribution in [2.75, 3.05) is 46.9 Å². The van der Waals surface area contributed by atoms with E-state index < -0.39 is 17.2 Å². The van der Waals surface area contributed by atoms with Crippen LogP contribution in [-0.4, -0.2) is 90.1 Å². The minimum absolute atomic E-state index is 0.0236. The lowest BCUT2D eigenvalue weighted by molar-refractivity contribution is -0.127. The maximum Gasteiger partial charge on any atom is 0.254 e. The van der Waals surface area contributed by atoms with Crippen molar-refractivity contribution in [3.05, 3.63) is 59.0 Å². The molecule has 2 aromatic heterocycles. The third-order valence-corrected chi connectivity index (χ3v) is 7.93. The quantitative estimate of drug-likeness (QED) is 0.290. The molecule has 11 nitrogen and oxygen atoms in total. The number of aromatic nitrogens is 1. The highest BCUT2D eigenvalue weighted by molar-refractivity contribution is 6.10. The summed E-state index contributed by atoms with van der Waals surface area (Å²) in [6.45, 7) is 3.68. The molecule has 11 heteroatoms. The predicted molar refractivity (Wildman–Crippen MR) is 142 cm³/mol. The molecule has 6 rings (SSSR count). The summed E-state index contributed by atoms with van der Waals surface area (Å²) in [7, 11) is 3.62. The summed E-state index contributed by atoms with van der Waals surface area (Å²) in [4.78, 5) is 49.5. The molecule has 3 aliphatic rings. The zero-order valence-corrected chi connectivity index (χ0v) is 22.0. The van der Waals surface area contributed by atoms with Crippen LogP contribution in [0.5, 0.6) is 5.75 Å². The number of ether oxygens (including phenoxy) is 1. The van der Waals surface area contributed by atoms with Crippen molar-refractivity contribution in [2.45, 2.75) is 24.8 Å². The summed E-state index contributed by atoms with van der Waals surface area (Å²) < 4.78 is 11.4. The smallest absolute Gasteiger partial charge is 0.254 e. The van der Waals surface area contributed by atoms with Gasteiger partial charge in [0.1, 0.15) is 34.0 Å². The number of furan rings is 1. The van der Waals surface area contributed by atoms with Gasteiger partial charge in [-0.1, -0.05) is 6.07 Å². The normalized spacial score (nSPS) is 21.8. The number of amidine groups is 1. The van der Waals surface area contributed by atoms with Crippen molar-refractivity contribution in [3.63, 3.8) is 0 Å². The summed E-state index contributed by atoms with van der Waals surface area (Å²) in [6.07, 6.45) is 0.827. The Labute approximate surface area is 225 Å². The van der Waals surface area contributed by atoms with Crippen LogP contribution < -0.4 is 10.1 Å². The molecule has 2 fully saturated rings. The number of amides is 3. The van der Waals surface area contributed by atoms with E-state index >= 15 is 0 Å². The molecule has 2 N–H and O–H groups in total. The number of nitrogens with one attached hydrogen (secondary N) is 2. The van der Waals surface area contributed by atoms with Gasteiger partial charge in [0.15, 0.2) is 5.58 Å². The fourth-order valence-corrected chi connectivity index (χ4v) is 5.69. The van der Waals surface area contributed by atoms with Gasteiger partial charge in [0, 0.05) is 44.4 Å². The van der Waals surface area contributed by atoms with Gasteiger partial charge in [0.05, 0.1) is 13.5 Å². The lowest BCUT2D eigenvalue weighted by Crippen LogP contribution is -2.46. The van der Waals surface area contributed by atoms with Gasteiger partial charge in [-0.3, -0.25) is 25.1 Å². The molecule has 0 aliphatic carbocycles. The predicted octanol–water partition coefficient (Wildman–Crippen LogP) is 1.74. The van der Waals surface area contributed by atoms with Crippen LogP contribution >= 0.6 is 0 Å². The second-order valence-electron chi connectivity index (χ2n) is 10.5. The number of carbonyl (C=O) groups excluding carboxylic acids is 3. The SMILES string of the molecule is COc1ccc2c(c1)C(=O)N(C[C@@]1(c3cc4nc(C(=N)N5CCCN(C)CC5)ccc4o3)CC(=O)NC1=O)C2. The van der Waals surface area contributed by atoms with Crippen LogP contribution in [0.2, 0.25) is 0 Å². The van der Waals surface area contributed by atoms with Crippen LogP contribution in [0, 0.1) is 5.41 Å². The first-order chi connectivity index (χ1) is 18.8. The highest BCUT2D eigenvalue weighted by Crippen LogP contribution is 2.39. The first-order valence-corrected chi connectivity index (χ1v) is 13.0. The summed E-state index contributed by atoms with van der Waals surface area (Å²) >= 11 is 0. The number of likely N-dealkylation sites (N-methyl/N-ethyl adjacent to an activating group) is 1. The average molecular weight is 531 g/mol. The summed E-state index contributed by atoms with van der Waals surface area (Å²) in [5.74, 6) is 0.0272. The zero-order chi connectivity index (χ0) is 27.3. The summed E-state index contributed by atoms with van der Waals surface area (Å²) in [5, 5.41) is 11.1. The Morgan fingerprint density at radius 2 is 1.97 bits per heavy atom. The Balaban J connectivity index is 1.31. The van der Waals surface area contributed by atoms with Crippen molar-refractivity contribution in [3.8, 4) is 5.75 Å². The number of nitrogens with zero attached hydrogens (tertiary/aromatic N) is 4. The molecule has 3 aliphatic heterocycles. The standard InChI is InChI=1S/C28H30N6O5/c1-32-8-3-9-33(11-10-32)25(29)20-6-7-22-21(30-20)13-23(39-22)28(14-24(35)31-27(28)37)16-34-15-17-4-5-18(38-2)12-19(17)26(34)36/h4-7,12-13,29H,3,8-11,14-16H2,1-2H3,(H,31,35,37)/t28-/m1/s1. The number of imide groups is 1. The molecule has 39 heavy (non-hydrogen) atoms. The molecule has 0 saturated carbocycles. The van der Waals surface area contributed by atoms with E-state index in [9.17, 15) is 14.4 Å².